The van der Waals surface area contributed by atoms with E-state index < -0.39 is 41.0 Å². The molecule has 4 aliphatic rings. The summed E-state index contributed by atoms with van der Waals surface area (Å²) in [6.45, 7) is 5.77. The van der Waals surface area contributed by atoms with Crippen molar-refractivity contribution >= 4 is 11.6 Å². The summed E-state index contributed by atoms with van der Waals surface area (Å²) in [6, 6.07) is 8.14. The lowest BCUT2D eigenvalue weighted by atomic mass is 9.45. The van der Waals surface area contributed by atoms with Crippen molar-refractivity contribution in [2.45, 2.75) is 77.6 Å². The molecule has 3 N–H and O–H groups in total. The van der Waals surface area contributed by atoms with Gasteiger partial charge in [-0.1, -0.05) is 56.2 Å². The summed E-state index contributed by atoms with van der Waals surface area (Å²) in [4.78, 5) is 25.3. The number of Topliss-reactive ketones (excluding diaryl/α,β-unsaturated/α-hetero) is 1. The largest absolute Gasteiger partial charge is 0.390 e. The number of rotatable bonds is 8. The average molecular weight is 540 g/mol. The number of hydrogen-bond acceptors (Lipinski definition) is 6. The van der Waals surface area contributed by atoms with Crippen LogP contribution in [0.15, 0.2) is 48.1 Å². The van der Waals surface area contributed by atoms with E-state index in [1.54, 1.807) is 13.0 Å². The Morgan fingerprint density at radius 3 is 2.51 bits per heavy atom. The number of allylic oxidation sites excluding steroid dienone is 4. The van der Waals surface area contributed by atoms with E-state index in [1.165, 1.54) is 22.8 Å². The first-order valence-electron chi connectivity index (χ1n) is 14.4. The summed E-state index contributed by atoms with van der Waals surface area (Å²) in [5, 5.41) is 33.6. The molecule has 8 atom stereocenters. The zero-order valence-corrected chi connectivity index (χ0v) is 23.3. The zero-order valence-electron chi connectivity index (χ0n) is 23.3. The average Bonchev–Trinajstić information content (AvgIpc) is 3.17. The smallest absolute Gasteiger partial charge is 0.178 e. The number of hydroxylamine groups is 2. The summed E-state index contributed by atoms with van der Waals surface area (Å²) in [5.41, 5.74) is -0.846. The highest BCUT2D eigenvalue weighted by Crippen LogP contribution is 2.69. The Morgan fingerprint density at radius 2 is 1.85 bits per heavy atom. The van der Waals surface area contributed by atoms with Crippen molar-refractivity contribution in [3.63, 3.8) is 0 Å². The number of alkyl halides is 1. The number of nitrogens with zero attached hydrogens (tertiary/aromatic N) is 1. The lowest BCUT2D eigenvalue weighted by Gasteiger charge is -2.61. The van der Waals surface area contributed by atoms with Crippen molar-refractivity contribution in [3.8, 4) is 0 Å². The van der Waals surface area contributed by atoms with Gasteiger partial charge in [-0.3, -0.25) is 9.59 Å². The molecule has 212 valence electrons. The molecule has 0 aromatic heterocycles. The van der Waals surface area contributed by atoms with E-state index in [9.17, 15) is 25.0 Å². The van der Waals surface area contributed by atoms with E-state index in [0.717, 1.165) is 24.0 Å². The monoisotopic (exact) mass is 539 g/mol. The number of halogens is 1. The fourth-order valence-corrected chi connectivity index (χ4v) is 8.95. The Bertz CT molecular complexity index is 1180. The number of aliphatic hydroxyl groups is 2. The summed E-state index contributed by atoms with van der Waals surface area (Å²) >= 11 is 0. The van der Waals surface area contributed by atoms with Gasteiger partial charge in [0.05, 0.1) is 6.10 Å². The Labute approximate surface area is 230 Å². The molecule has 0 bridgehead atoms. The summed E-state index contributed by atoms with van der Waals surface area (Å²) in [6.07, 6.45) is 6.96. The van der Waals surface area contributed by atoms with Crippen molar-refractivity contribution in [2.24, 2.45) is 34.5 Å². The molecular formula is C32H42FNO5. The van der Waals surface area contributed by atoms with Crippen LogP contribution in [0.25, 0.3) is 0 Å². The first kappa shape index (κ1) is 28.3. The number of fused-ring (bicyclic) bond motifs is 5. The van der Waals surface area contributed by atoms with Crippen LogP contribution in [0.4, 0.5) is 4.39 Å². The molecule has 3 saturated carbocycles. The molecule has 0 amide bonds. The Kier molecular flexibility index (Phi) is 7.51. The lowest BCUT2D eigenvalue weighted by Crippen LogP contribution is -2.66. The SMILES string of the molecule is CCCc1ccc(CN(O)CC2CC3C4CCC5=CC(=O)C=CC5(C)C4(F)C(O)CC3(C)C2C(=O)CO)cc1. The Morgan fingerprint density at radius 1 is 1.15 bits per heavy atom. The van der Waals surface area contributed by atoms with Gasteiger partial charge >= 0.3 is 0 Å². The van der Waals surface area contributed by atoms with E-state index in [1.807, 2.05) is 19.1 Å². The van der Waals surface area contributed by atoms with E-state index in [0.29, 0.717) is 25.8 Å². The van der Waals surface area contributed by atoms with Gasteiger partial charge in [0.2, 0.25) is 0 Å². The maximum Gasteiger partial charge on any atom is 0.178 e. The van der Waals surface area contributed by atoms with Crippen molar-refractivity contribution in [2.75, 3.05) is 13.2 Å². The molecule has 0 aliphatic heterocycles. The molecule has 0 saturated heterocycles. The number of aryl methyl sites for hydroxylation is 1. The quantitative estimate of drug-likeness (QED) is 0.418. The van der Waals surface area contributed by atoms with E-state index >= 15 is 4.39 Å². The summed E-state index contributed by atoms with van der Waals surface area (Å²) < 4.78 is 17.4. The predicted molar refractivity (Wildman–Crippen MR) is 145 cm³/mol. The van der Waals surface area contributed by atoms with E-state index in [4.69, 9.17) is 0 Å². The number of carbonyl (C=O) groups excluding carboxylic acids is 2. The molecule has 0 radical (unpaired) electrons. The van der Waals surface area contributed by atoms with Crippen LogP contribution in [0.1, 0.15) is 64.0 Å². The summed E-state index contributed by atoms with van der Waals surface area (Å²) in [5.74, 6) is -2.07. The molecule has 4 aliphatic carbocycles. The second-order valence-corrected chi connectivity index (χ2v) is 12.9. The molecule has 0 spiro atoms. The number of hydrogen-bond donors (Lipinski definition) is 3. The molecule has 6 nitrogen and oxygen atoms in total. The fourth-order valence-electron chi connectivity index (χ4n) is 8.95. The van der Waals surface area contributed by atoms with E-state index in [2.05, 4.69) is 19.1 Å². The van der Waals surface area contributed by atoms with Crippen LogP contribution in [0, 0.1) is 34.5 Å². The molecule has 39 heavy (non-hydrogen) atoms. The van der Waals surface area contributed by atoms with Crippen molar-refractivity contribution in [3.05, 3.63) is 59.2 Å². The van der Waals surface area contributed by atoms with Crippen LogP contribution in [-0.4, -0.2) is 57.0 Å². The minimum Gasteiger partial charge on any atom is -0.390 e. The van der Waals surface area contributed by atoms with Gasteiger partial charge in [0, 0.05) is 30.3 Å². The van der Waals surface area contributed by atoms with Gasteiger partial charge in [0.25, 0.3) is 0 Å². The summed E-state index contributed by atoms with van der Waals surface area (Å²) in [7, 11) is 0. The second kappa shape index (κ2) is 10.3. The van der Waals surface area contributed by atoms with Gasteiger partial charge in [0.15, 0.2) is 17.2 Å². The first-order valence-corrected chi connectivity index (χ1v) is 14.4. The molecule has 1 aromatic rings. The highest BCUT2D eigenvalue weighted by Gasteiger charge is 2.72. The number of aliphatic hydroxyl groups excluding tert-OH is 2. The lowest BCUT2D eigenvalue weighted by molar-refractivity contribution is -0.196. The van der Waals surface area contributed by atoms with Crippen LogP contribution < -0.4 is 0 Å². The topological polar surface area (TPSA) is 98.1 Å². The standard InChI is InChI=1S/C32H42FNO5/c1-4-5-20-6-8-21(9-7-20)17-34(39)18-22-14-26-25-11-10-23-15-24(36)12-13-31(23,3)32(25,33)28(38)16-30(26,2)29(22)27(37)19-35/h6-9,12-13,15,22,25-26,28-29,35,38-39H,4-5,10-11,14,16-19H2,1-3H3. The molecule has 8 unspecified atom stereocenters. The third kappa shape index (κ3) is 4.46. The minimum atomic E-state index is -1.97. The molecule has 3 fully saturated rings. The van der Waals surface area contributed by atoms with Crippen LogP contribution >= 0.6 is 0 Å². The molecule has 0 heterocycles. The first-order chi connectivity index (χ1) is 18.5. The predicted octanol–water partition coefficient (Wildman–Crippen LogP) is 4.60. The highest BCUT2D eigenvalue weighted by molar-refractivity contribution is 6.01. The number of benzene rings is 1. The van der Waals surface area contributed by atoms with Crippen molar-refractivity contribution in [1.29, 1.82) is 0 Å². The second-order valence-electron chi connectivity index (χ2n) is 12.9. The van der Waals surface area contributed by atoms with Gasteiger partial charge in [0.1, 0.15) is 6.61 Å². The van der Waals surface area contributed by atoms with Gasteiger partial charge in [-0.25, -0.2) is 4.39 Å². The van der Waals surface area contributed by atoms with Gasteiger partial charge < -0.3 is 15.4 Å². The molecule has 7 heteroatoms. The number of carbonyl (C=O) groups is 2. The maximum absolute atomic E-state index is 17.4. The molecule has 1 aromatic carbocycles. The molecule has 5 rings (SSSR count). The van der Waals surface area contributed by atoms with E-state index in [-0.39, 0.29) is 36.4 Å². The zero-order chi connectivity index (χ0) is 28.2. The van der Waals surface area contributed by atoms with Gasteiger partial charge in [-0.2, -0.15) is 5.06 Å². The van der Waals surface area contributed by atoms with Crippen LogP contribution in [0.2, 0.25) is 0 Å². The third-order valence-electron chi connectivity index (χ3n) is 10.7. The van der Waals surface area contributed by atoms with Crippen LogP contribution in [-0.2, 0) is 22.6 Å². The Balaban J connectivity index is 1.42. The number of ketones is 2. The van der Waals surface area contributed by atoms with Gasteiger partial charge in [-0.05, 0) is 79.6 Å². The van der Waals surface area contributed by atoms with Crippen molar-refractivity contribution < 1.29 is 29.4 Å². The minimum absolute atomic E-state index is 0.0898. The highest BCUT2D eigenvalue weighted by atomic mass is 19.1. The third-order valence-corrected chi connectivity index (χ3v) is 10.7. The fraction of sp³-hybridized carbons (Fsp3) is 0.625. The van der Waals surface area contributed by atoms with Crippen LogP contribution in [0.3, 0.4) is 0 Å². The van der Waals surface area contributed by atoms with Crippen molar-refractivity contribution in [1.82, 2.24) is 5.06 Å². The van der Waals surface area contributed by atoms with Gasteiger partial charge in [-0.15, -0.1) is 0 Å². The molecular weight excluding hydrogens is 497 g/mol. The Hall–Kier alpha value is -2.19. The normalized spacial score (nSPS) is 39.2. The maximum atomic E-state index is 17.4. The van der Waals surface area contributed by atoms with Crippen LogP contribution in [0.5, 0.6) is 0 Å².